The van der Waals surface area contributed by atoms with Crippen molar-refractivity contribution in [3.05, 3.63) is 53.6 Å². The second kappa shape index (κ2) is 4.52. The lowest BCUT2D eigenvalue weighted by molar-refractivity contribution is -0.113. The first-order valence-corrected chi connectivity index (χ1v) is 6.38. The number of carbonyl (C=O) groups is 2. The highest BCUT2D eigenvalue weighted by Crippen LogP contribution is 2.37. The Balaban J connectivity index is 2.05. The zero-order valence-corrected chi connectivity index (χ0v) is 10.7. The molecular formula is C15H10ClNO2. The molecule has 1 N–H and O–H groups in total. The SMILES string of the molecule is O=C(CCl)Nc1ccc2c(c1)C(=O)c1ccccc1-2. The topological polar surface area (TPSA) is 46.2 Å². The van der Waals surface area contributed by atoms with Crippen LogP contribution in [0.4, 0.5) is 5.69 Å². The molecule has 2 aromatic rings. The molecule has 1 aliphatic carbocycles. The summed E-state index contributed by atoms with van der Waals surface area (Å²) in [6, 6.07) is 12.8. The molecule has 3 rings (SSSR count). The number of anilines is 1. The summed E-state index contributed by atoms with van der Waals surface area (Å²) in [4.78, 5) is 23.5. The van der Waals surface area contributed by atoms with Gasteiger partial charge >= 0.3 is 0 Å². The molecule has 0 fully saturated rings. The number of rotatable bonds is 2. The Labute approximate surface area is 115 Å². The third-order valence-electron chi connectivity index (χ3n) is 3.13. The highest BCUT2D eigenvalue weighted by Gasteiger charge is 2.26. The van der Waals surface area contributed by atoms with Crippen LogP contribution >= 0.6 is 11.6 Å². The van der Waals surface area contributed by atoms with Gasteiger partial charge in [-0.2, -0.15) is 0 Å². The van der Waals surface area contributed by atoms with Crippen LogP contribution in [0.15, 0.2) is 42.5 Å². The smallest absolute Gasteiger partial charge is 0.239 e. The third kappa shape index (κ3) is 1.92. The minimum atomic E-state index is -0.287. The maximum atomic E-state index is 12.3. The predicted octanol–water partition coefficient (Wildman–Crippen LogP) is 3.08. The number of hydrogen-bond acceptors (Lipinski definition) is 2. The molecule has 0 saturated heterocycles. The normalized spacial score (nSPS) is 11.9. The molecule has 0 unspecified atom stereocenters. The summed E-state index contributed by atoms with van der Waals surface area (Å²) < 4.78 is 0. The molecule has 0 heterocycles. The van der Waals surface area contributed by atoms with Crippen molar-refractivity contribution < 1.29 is 9.59 Å². The second-order valence-electron chi connectivity index (χ2n) is 4.32. The number of amides is 1. The van der Waals surface area contributed by atoms with Gasteiger partial charge in [-0.15, -0.1) is 11.6 Å². The number of carbonyl (C=O) groups excluding carboxylic acids is 2. The van der Waals surface area contributed by atoms with E-state index in [-0.39, 0.29) is 17.6 Å². The molecule has 0 atom stereocenters. The van der Waals surface area contributed by atoms with Gasteiger partial charge in [-0.05, 0) is 23.3 Å². The van der Waals surface area contributed by atoms with E-state index in [0.29, 0.717) is 16.8 Å². The maximum absolute atomic E-state index is 12.3. The number of alkyl halides is 1. The molecule has 0 bridgehead atoms. The number of ketones is 1. The van der Waals surface area contributed by atoms with Crippen LogP contribution in [0.1, 0.15) is 15.9 Å². The van der Waals surface area contributed by atoms with E-state index in [1.807, 2.05) is 30.3 Å². The van der Waals surface area contributed by atoms with E-state index < -0.39 is 0 Å². The van der Waals surface area contributed by atoms with Crippen molar-refractivity contribution in [3.63, 3.8) is 0 Å². The van der Waals surface area contributed by atoms with E-state index in [9.17, 15) is 9.59 Å². The fourth-order valence-corrected chi connectivity index (χ4v) is 2.37. The van der Waals surface area contributed by atoms with Crippen LogP contribution in [0.3, 0.4) is 0 Å². The van der Waals surface area contributed by atoms with Crippen molar-refractivity contribution in [2.75, 3.05) is 11.2 Å². The lowest BCUT2D eigenvalue weighted by atomic mass is 10.1. The van der Waals surface area contributed by atoms with Crippen molar-refractivity contribution >= 4 is 29.0 Å². The summed E-state index contributed by atoms with van der Waals surface area (Å²) in [7, 11) is 0. The Morgan fingerprint density at radius 3 is 2.42 bits per heavy atom. The minimum absolute atomic E-state index is 0.00688. The molecule has 1 aliphatic rings. The molecule has 0 aliphatic heterocycles. The summed E-state index contributed by atoms with van der Waals surface area (Å²) >= 11 is 5.44. The molecule has 0 saturated carbocycles. The maximum Gasteiger partial charge on any atom is 0.239 e. The van der Waals surface area contributed by atoms with Gasteiger partial charge in [0.15, 0.2) is 5.78 Å². The average molecular weight is 272 g/mol. The van der Waals surface area contributed by atoms with E-state index in [1.165, 1.54) is 0 Å². The first kappa shape index (κ1) is 11.9. The zero-order chi connectivity index (χ0) is 13.4. The Morgan fingerprint density at radius 1 is 1.00 bits per heavy atom. The number of hydrogen-bond donors (Lipinski definition) is 1. The van der Waals surface area contributed by atoms with Crippen LogP contribution in [0.2, 0.25) is 0 Å². The van der Waals surface area contributed by atoms with E-state index >= 15 is 0 Å². The van der Waals surface area contributed by atoms with E-state index in [4.69, 9.17) is 11.6 Å². The average Bonchev–Trinajstić information content (AvgIpc) is 2.73. The molecule has 4 heteroatoms. The number of benzene rings is 2. The quantitative estimate of drug-likeness (QED) is 0.728. The highest BCUT2D eigenvalue weighted by atomic mass is 35.5. The van der Waals surface area contributed by atoms with Crippen molar-refractivity contribution in [1.82, 2.24) is 0 Å². The van der Waals surface area contributed by atoms with Crippen molar-refractivity contribution in [3.8, 4) is 11.1 Å². The molecule has 19 heavy (non-hydrogen) atoms. The molecular weight excluding hydrogens is 262 g/mol. The Bertz CT molecular complexity index is 694. The summed E-state index contributed by atoms with van der Waals surface area (Å²) in [5.41, 5.74) is 3.76. The third-order valence-corrected chi connectivity index (χ3v) is 3.37. The molecule has 94 valence electrons. The molecule has 2 aromatic carbocycles. The number of nitrogens with one attached hydrogen (secondary N) is 1. The van der Waals surface area contributed by atoms with Crippen molar-refractivity contribution in [2.45, 2.75) is 0 Å². The van der Waals surface area contributed by atoms with Crippen molar-refractivity contribution in [2.24, 2.45) is 0 Å². The Morgan fingerprint density at radius 2 is 1.68 bits per heavy atom. The summed E-state index contributed by atoms with van der Waals surface area (Å²) in [6.45, 7) is 0. The monoisotopic (exact) mass is 271 g/mol. The van der Waals surface area contributed by atoms with E-state index in [0.717, 1.165) is 11.1 Å². The summed E-state index contributed by atoms with van der Waals surface area (Å²) in [6.07, 6.45) is 0. The molecule has 1 amide bonds. The van der Waals surface area contributed by atoms with Gasteiger partial charge in [-0.1, -0.05) is 30.3 Å². The fourth-order valence-electron chi connectivity index (χ4n) is 2.30. The van der Waals surface area contributed by atoms with Crippen LogP contribution in [0.25, 0.3) is 11.1 Å². The standard InChI is InChI=1S/C15H10ClNO2/c16-8-14(18)17-9-5-6-11-10-3-1-2-4-12(10)15(19)13(11)7-9/h1-7H,8H2,(H,17,18). The molecule has 0 spiro atoms. The number of fused-ring (bicyclic) bond motifs is 3. The molecule has 0 aromatic heterocycles. The van der Waals surface area contributed by atoms with Gasteiger partial charge in [0.1, 0.15) is 5.88 Å². The number of halogens is 1. The van der Waals surface area contributed by atoms with Gasteiger partial charge in [0.2, 0.25) is 5.91 Å². The summed E-state index contributed by atoms with van der Waals surface area (Å²) in [5, 5.41) is 2.65. The van der Waals surface area contributed by atoms with Gasteiger partial charge in [0.05, 0.1) is 0 Å². The van der Waals surface area contributed by atoms with Gasteiger partial charge in [-0.3, -0.25) is 9.59 Å². The van der Waals surface area contributed by atoms with E-state index in [2.05, 4.69) is 5.32 Å². The minimum Gasteiger partial charge on any atom is -0.325 e. The molecule has 3 nitrogen and oxygen atoms in total. The predicted molar refractivity (Wildman–Crippen MR) is 74.7 cm³/mol. The molecule has 0 radical (unpaired) electrons. The highest BCUT2D eigenvalue weighted by molar-refractivity contribution is 6.29. The van der Waals surface area contributed by atoms with Crippen LogP contribution in [0, 0.1) is 0 Å². The summed E-state index contributed by atoms with van der Waals surface area (Å²) in [5.74, 6) is -0.400. The largest absolute Gasteiger partial charge is 0.325 e. The van der Waals surface area contributed by atoms with Gasteiger partial charge in [0, 0.05) is 16.8 Å². The van der Waals surface area contributed by atoms with Crippen LogP contribution in [-0.4, -0.2) is 17.6 Å². The lowest BCUT2D eigenvalue weighted by Crippen LogP contribution is -2.12. The van der Waals surface area contributed by atoms with Crippen LogP contribution in [0.5, 0.6) is 0 Å². The Kier molecular flexibility index (Phi) is 2.84. The van der Waals surface area contributed by atoms with Crippen molar-refractivity contribution in [1.29, 1.82) is 0 Å². The van der Waals surface area contributed by atoms with Gasteiger partial charge < -0.3 is 5.32 Å². The second-order valence-corrected chi connectivity index (χ2v) is 4.58. The van der Waals surface area contributed by atoms with Gasteiger partial charge in [-0.25, -0.2) is 0 Å². The zero-order valence-electron chi connectivity index (χ0n) is 9.94. The van der Waals surface area contributed by atoms with Crippen LogP contribution in [-0.2, 0) is 4.79 Å². The Hall–Kier alpha value is -2.13. The van der Waals surface area contributed by atoms with Gasteiger partial charge in [0.25, 0.3) is 0 Å². The first-order valence-electron chi connectivity index (χ1n) is 5.84. The lowest BCUT2D eigenvalue weighted by Gasteiger charge is -2.05. The fraction of sp³-hybridized carbons (Fsp3) is 0.0667. The van der Waals surface area contributed by atoms with E-state index in [1.54, 1.807) is 12.1 Å². The van der Waals surface area contributed by atoms with Crippen LogP contribution < -0.4 is 5.32 Å². The first-order chi connectivity index (χ1) is 9.20.